The lowest BCUT2D eigenvalue weighted by atomic mass is 9.87. The Bertz CT molecular complexity index is 2950. The van der Waals surface area contributed by atoms with Crippen molar-refractivity contribution >= 4 is 89.5 Å². The lowest BCUT2D eigenvalue weighted by Crippen LogP contribution is -2.42. The molecule has 8 heterocycles. The molecule has 314 valence electrons. The number of hydrogen-bond acceptors (Lipinski definition) is 17. The average Bonchev–Trinajstić information content (AvgIpc) is 4.06. The number of carboxylic acids is 1. The Morgan fingerprint density at radius 1 is 0.770 bits per heavy atom. The average molecular weight is 864 g/mol. The van der Waals surface area contributed by atoms with Gasteiger partial charge in [-0.3, -0.25) is 9.59 Å². The number of anilines is 4. The molecule has 2 aliphatic rings. The number of carbonyl (C=O) groups excluding carboxylic acids is 1. The summed E-state index contributed by atoms with van der Waals surface area (Å²) in [5.41, 5.74) is 2.75. The van der Waals surface area contributed by atoms with Crippen LogP contribution < -0.4 is 25.4 Å². The van der Waals surface area contributed by atoms with Gasteiger partial charge in [0.15, 0.2) is 34.4 Å². The number of carboxylic acid groups (broad SMARTS) is 1. The second-order valence-corrected chi connectivity index (χ2v) is 17.6. The number of aliphatic carboxylic acids is 1. The second-order valence-electron chi connectivity index (χ2n) is 15.4. The van der Waals surface area contributed by atoms with E-state index in [9.17, 15) is 19.8 Å². The standard InChI is InChI=1S/C22H25N7O3S.C18H16N6O3S/c1-22(2,31)10-23-20(30)12-4-5-13-15(8-12)33-21-17(13)19(24-11-25-21)28-18-14(32-3)9-29-16(27-18)6-7-26-29;1-27-11-7-24-13(4-5-21-24)22-15(11)23-16-14-10-3-2-9(18(25)26)6-12(10)28-17(14)20-8-19-16/h6-7,9,11-12,31H,4-5,8,10H2,1-3H3,(H,23,30)(H,24,25,27,28);4-5,7-9H,2-3,6H2,1H3,(H,25,26)(H,19,20,22,23)/t12-;9-/m00/s1. The van der Waals surface area contributed by atoms with E-state index in [1.165, 1.54) is 29.6 Å². The van der Waals surface area contributed by atoms with Crippen molar-refractivity contribution < 1.29 is 29.3 Å². The molecule has 8 aromatic heterocycles. The number of aliphatic hydroxyl groups is 1. The first-order valence-electron chi connectivity index (χ1n) is 19.5. The molecule has 10 rings (SSSR count). The van der Waals surface area contributed by atoms with Crippen molar-refractivity contribution in [3.8, 4) is 11.5 Å². The third-order valence-corrected chi connectivity index (χ3v) is 13.0. The van der Waals surface area contributed by atoms with E-state index in [0.717, 1.165) is 48.6 Å². The Balaban J connectivity index is 0.000000158. The van der Waals surface area contributed by atoms with Crippen LogP contribution in [0.25, 0.3) is 31.7 Å². The molecule has 2 atom stereocenters. The van der Waals surface area contributed by atoms with E-state index in [2.05, 4.69) is 56.1 Å². The first-order valence-corrected chi connectivity index (χ1v) is 21.1. The number of methoxy groups -OCH3 is 2. The van der Waals surface area contributed by atoms with E-state index >= 15 is 0 Å². The molecule has 0 aromatic carbocycles. The van der Waals surface area contributed by atoms with Crippen LogP contribution in [0.15, 0.2) is 49.6 Å². The number of carbonyl (C=O) groups is 2. The van der Waals surface area contributed by atoms with Crippen LogP contribution in [0.3, 0.4) is 0 Å². The van der Waals surface area contributed by atoms with Crippen LogP contribution in [0.1, 0.15) is 47.6 Å². The molecule has 5 N–H and O–H groups in total. The number of nitrogens with zero attached hydrogens (tertiary/aromatic N) is 10. The Kier molecular flexibility index (Phi) is 10.5. The zero-order valence-electron chi connectivity index (χ0n) is 33.5. The third-order valence-electron chi connectivity index (χ3n) is 10.7. The first kappa shape index (κ1) is 39.9. The summed E-state index contributed by atoms with van der Waals surface area (Å²) in [5, 5.41) is 39.0. The van der Waals surface area contributed by atoms with Gasteiger partial charge in [0.25, 0.3) is 0 Å². The lowest BCUT2D eigenvalue weighted by molar-refractivity contribution is -0.142. The van der Waals surface area contributed by atoms with Crippen molar-refractivity contribution in [3.63, 3.8) is 0 Å². The molecule has 0 saturated heterocycles. The number of thiophene rings is 2. The molecule has 0 bridgehead atoms. The van der Waals surface area contributed by atoms with Gasteiger partial charge in [0, 0.05) is 34.3 Å². The zero-order chi connectivity index (χ0) is 42.4. The molecule has 61 heavy (non-hydrogen) atoms. The summed E-state index contributed by atoms with van der Waals surface area (Å²) in [4.78, 5) is 54.9. The van der Waals surface area contributed by atoms with E-state index in [4.69, 9.17) is 9.47 Å². The van der Waals surface area contributed by atoms with Crippen LogP contribution in [0.5, 0.6) is 11.5 Å². The summed E-state index contributed by atoms with van der Waals surface area (Å²) in [7, 11) is 3.16. The van der Waals surface area contributed by atoms with Crippen molar-refractivity contribution in [2.24, 2.45) is 11.8 Å². The highest BCUT2D eigenvalue weighted by atomic mass is 32.1. The molecule has 2 aliphatic carbocycles. The maximum atomic E-state index is 12.6. The SMILES string of the molecule is COc1cn2nccc2nc1Nc1ncnc2sc3c(c12)CC[C@H](C(=O)NCC(C)(C)O)C3.COc1cn2nccc2nc1Nc1ncnc2sc3c(c12)CC[C@H](C(=O)O)C3. The highest BCUT2D eigenvalue weighted by molar-refractivity contribution is 7.19. The van der Waals surface area contributed by atoms with Gasteiger partial charge in [-0.05, 0) is 63.5 Å². The Morgan fingerprint density at radius 2 is 1.26 bits per heavy atom. The molecule has 1 amide bonds. The molecule has 0 saturated carbocycles. The normalized spacial score (nSPS) is 16.1. The zero-order valence-corrected chi connectivity index (χ0v) is 35.2. The first-order chi connectivity index (χ1) is 29.5. The van der Waals surface area contributed by atoms with Crippen molar-refractivity contribution in [1.82, 2.24) is 54.4 Å². The molecule has 0 aliphatic heterocycles. The Morgan fingerprint density at radius 3 is 1.74 bits per heavy atom. The van der Waals surface area contributed by atoms with Gasteiger partial charge >= 0.3 is 5.97 Å². The fourth-order valence-electron chi connectivity index (χ4n) is 7.67. The number of amides is 1. The summed E-state index contributed by atoms with van der Waals surface area (Å²) in [6.45, 7) is 3.59. The van der Waals surface area contributed by atoms with E-state index in [0.29, 0.717) is 71.7 Å². The lowest BCUT2D eigenvalue weighted by Gasteiger charge is -2.24. The van der Waals surface area contributed by atoms with Crippen LogP contribution >= 0.6 is 22.7 Å². The van der Waals surface area contributed by atoms with Crippen molar-refractivity contribution in [2.75, 3.05) is 31.4 Å². The third kappa shape index (κ3) is 7.93. The summed E-state index contributed by atoms with van der Waals surface area (Å²) in [6, 6.07) is 3.62. The van der Waals surface area contributed by atoms with E-state index < -0.39 is 11.6 Å². The minimum atomic E-state index is -0.932. The highest BCUT2D eigenvalue weighted by Gasteiger charge is 2.31. The monoisotopic (exact) mass is 863 g/mol. The predicted octanol–water partition coefficient (Wildman–Crippen LogP) is 5.15. The number of aromatic nitrogens is 10. The van der Waals surface area contributed by atoms with E-state index in [1.807, 2.05) is 6.07 Å². The largest absolute Gasteiger partial charge is 0.491 e. The Labute approximate surface area is 355 Å². The van der Waals surface area contributed by atoms with Gasteiger partial charge in [-0.25, -0.2) is 38.9 Å². The topological polar surface area (TPSA) is 241 Å². The number of nitrogens with one attached hydrogen (secondary N) is 3. The fourth-order valence-corrected chi connectivity index (χ4v) is 10.2. The van der Waals surface area contributed by atoms with Crippen LogP contribution in [-0.4, -0.2) is 97.6 Å². The number of rotatable bonds is 10. The minimum absolute atomic E-state index is 0.0206. The molecular formula is C40H41N13O6S2. The molecule has 21 heteroatoms. The van der Waals surface area contributed by atoms with Gasteiger partial charge in [-0.15, -0.1) is 22.7 Å². The molecule has 8 aromatic rings. The summed E-state index contributed by atoms with van der Waals surface area (Å²) in [6.07, 6.45) is 13.9. The molecule has 0 unspecified atom stereocenters. The second kappa shape index (κ2) is 16.1. The minimum Gasteiger partial charge on any atom is -0.491 e. The Hall–Kier alpha value is -6.58. The molecular weight excluding hydrogens is 823 g/mol. The van der Waals surface area contributed by atoms with Crippen LogP contribution in [0, 0.1) is 11.8 Å². The van der Waals surface area contributed by atoms with Gasteiger partial charge in [-0.1, -0.05) is 0 Å². The summed E-state index contributed by atoms with van der Waals surface area (Å²) >= 11 is 3.14. The molecule has 0 radical (unpaired) electrons. The van der Waals surface area contributed by atoms with Crippen LogP contribution in [-0.2, 0) is 35.3 Å². The summed E-state index contributed by atoms with van der Waals surface area (Å²) < 4.78 is 14.2. The van der Waals surface area contributed by atoms with E-state index in [1.54, 1.807) is 79.3 Å². The number of aryl methyl sites for hydroxylation is 2. The van der Waals surface area contributed by atoms with Crippen molar-refractivity contribution in [1.29, 1.82) is 0 Å². The van der Waals surface area contributed by atoms with E-state index in [-0.39, 0.29) is 24.3 Å². The number of ether oxygens (including phenoxy) is 2. The predicted molar refractivity (Wildman–Crippen MR) is 228 cm³/mol. The summed E-state index contributed by atoms with van der Waals surface area (Å²) in [5.74, 6) is 2.26. The molecule has 0 spiro atoms. The molecule has 19 nitrogen and oxygen atoms in total. The number of fused-ring (bicyclic) bond motifs is 8. The quantitative estimate of drug-likeness (QED) is 0.119. The van der Waals surface area contributed by atoms with Gasteiger partial charge in [0.05, 0.1) is 61.3 Å². The van der Waals surface area contributed by atoms with Gasteiger partial charge in [0.2, 0.25) is 5.91 Å². The maximum absolute atomic E-state index is 12.6. The van der Waals surface area contributed by atoms with Crippen LogP contribution in [0.2, 0.25) is 0 Å². The fraction of sp³-hybridized carbons (Fsp3) is 0.350. The highest BCUT2D eigenvalue weighted by Crippen LogP contribution is 2.42. The maximum Gasteiger partial charge on any atom is 0.306 e. The van der Waals surface area contributed by atoms with Crippen LogP contribution in [0.4, 0.5) is 23.3 Å². The van der Waals surface area contributed by atoms with Gasteiger partial charge in [-0.2, -0.15) is 10.2 Å². The molecule has 0 fully saturated rings. The van der Waals surface area contributed by atoms with Gasteiger partial charge < -0.3 is 35.6 Å². The van der Waals surface area contributed by atoms with Crippen molar-refractivity contribution in [2.45, 2.75) is 58.0 Å². The smallest absolute Gasteiger partial charge is 0.306 e. The van der Waals surface area contributed by atoms with Crippen molar-refractivity contribution in [3.05, 3.63) is 70.5 Å². The number of hydrogen-bond donors (Lipinski definition) is 5. The van der Waals surface area contributed by atoms with Gasteiger partial charge in [0.1, 0.15) is 34.0 Å².